The van der Waals surface area contributed by atoms with Gasteiger partial charge in [0.25, 0.3) is 0 Å². The molecular formula is C15H21Cl2N5O2. The van der Waals surface area contributed by atoms with Crippen molar-refractivity contribution in [2.75, 3.05) is 18.5 Å². The van der Waals surface area contributed by atoms with E-state index >= 15 is 0 Å². The summed E-state index contributed by atoms with van der Waals surface area (Å²) in [4.78, 5) is 16.2. The summed E-state index contributed by atoms with van der Waals surface area (Å²) in [7, 11) is 0. The molecule has 0 bridgehead atoms. The predicted molar refractivity (Wildman–Crippen MR) is 95.9 cm³/mol. The lowest BCUT2D eigenvalue weighted by atomic mass is 10.1. The molecule has 0 radical (unpaired) electrons. The van der Waals surface area contributed by atoms with Crippen LogP contribution in [0.4, 0.5) is 5.69 Å². The number of nitrogens with zero attached hydrogens (tertiary/aromatic N) is 3. The van der Waals surface area contributed by atoms with Gasteiger partial charge in [-0.2, -0.15) is 5.10 Å². The third kappa shape index (κ3) is 5.17. The van der Waals surface area contributed by atoms with Gasteiger partial charge in [0, 0.05) is 12.2 Å². The maximum absolute atomic E-state index is 12.2. The summed E-state index contributed by atoms with van der Waals surface area (Å²) in [6.07, 6.45) is 3.06. The van der Waals surface area contributed by atoms with Crippen molar-refractivity contribution in [3.8, 4) is 0 Å². The van der Waals surface area contributed by atoms with E-state index in [9.17, 15) is 4.79 Å². The fourth-order valence-corrected chi connectivity index (χ4v) is 2.44. The quantitative estimate of drug-likeness (QED) is 0.848. The Bertz CT molecular complexity index is 621. The number of morpholine rings is 1. The number of nitrogens with one attached hydrogen (secondary N) is 2. The molecule has 9 heteroatoms. The number of halogens is 2. The second-order valence-electron chi connectivity index (χ2n) is 5.29. The first-order valence-corrected chi connectivity index (χ1v) is 7.29. The monoisotopic (exact) mass is 373 g/mol. The standard InChI is InChI=1S/C15H19N5O2.2ClH/c1-11-14(17-6-7-22-11)15(21)19-13-4-2-12(3-5-13)8-20-10-16-9-18-20;;/h2-5,9-11,14,17H,6-8H2,1H3,(H,19,21);2*1H/t11-,14+;;/m1../s1. The van der Waals surface area contributed by atoms with E-state index in [0.717, 1.165) is 11.3 Å². The predicted octanol–water partition coefficient (Wildman–Crippen LogP) is 1.49. The van der Waals surface area contributed by atoms with Crippen LogP contribution in [0.3, 0.4) is 0 Å². The molecule has 1 aliphatic heterocycles. The van der Waals surface area contributed by atoms with Gasteiger partial charge in [0.1, 0.15) is 18.7 Å². The molecule has 1 fully saturated rings. The number of benzene rings is 1. The molecule has 2 aromatic rings. The molecule has 1 saturated heterocycles. The number of anilines is 1. The fraction of sp³-hybridized carbons (Fsp3) is 0.400. The van der Waals surface area contributed by atoms with E-state index in [0.29, 0.717) is 19.7 Å². The van der Waals surface area contributed by atoms with Crippen LogP contribution < -0.4 is 10.6 Å². The van der Waals surface area contributed by atoms with E-state index in [2.05, 4.69) is 20.7 Å². The summed E-state index contributed by atoms with van der Waals surface area (Å²) >= 11 is 0. The lowest BCUT2D eigenvalue weighted by Crippen LogP contribution is -2.53. The second-order valence-corrected chi connectivity index (χ2v) is 5.29. The van der Waals surface area contributed by atoms with Crippen LogP contribution in [0.25, 0.3) is 0 Å². The first kappa shape index (κ1) is 20.4. The van der Waals surface area contributed by atoms with Crippen molar-refractivity contribution >= 4 is 36.4 Å². The van der Waals surface area contributed by atoms with Gasteiger partial charge in [-0.15, -0.1) is 24.8 Å². The third-order valence-electron chi connectivity index (χ3n) is 3.63. The Hall–Kier alpha value is -1.67. The Kier molecular flexibility index (Phi) is 8.14. The van der Waals surface area contributed by atoms with Crippen LogP contribution in [0.1, 0.15) is 12.5 Å². The molecule has 2 heterocycles. The van der Waals surface area contributed by atoms with Crippen LogP contribution in [-0.2, 0) is 16.1 Å². The van der Waals surface area contributed by atoms with Gasteiger partial charge in [-0.05, 0) is 24.6 Å². The molecule has 2 N–H and O–H groups in total. The Morgan fingerprint density at radius 1 is 1.38 bits per heavy atom. The highest BCUT2D eigenvalue weighted by Gasteiger charge is 2.28. The molecule has 2 atom stereocenters. The largest absolute Gasteiger partial charge is 0.375 e. The molecule has 0 aliphatic carbocycles. The number of ether oxygens (including phenoxy) is 1. The van der Waals surface area contributed by atoms with Gasteiger partial charge in [0.2, 0.25) is 5.91 Å². The molecule has 1 aromatic heterocycles. The smallest absolute Gasteiger partial charge is 0.244 e. The van der Waals surface area contributed by atoms with Crippen molar-refractivity contribution in [2.45, 2.75) is 25.6 Å². The molecule has 0 unspecified atom stereocenters. The number of carbonyl (C=O) groups is 1. The molecule has 24 heavy (non-hydrogen) atoms. The maximum Gasteiger partial charge on any atom is 0.244 e. The third-order valence-corrected chi connectivity index (χ3v) is 3.63. The van der Waals surface area contributed by atoms with Gasteiger partial charge in [-0.1, -0.05) is 12.1 Å². The minimum atomic E-state index is -0.316. The van der Waals surface area contributed by atoms with Crippen molar-refractivity contribution in [1.29, 1.82) is 0 Å². The molecule has 3 rings (SSSR count). The highest BCUT2D eigenvalue weighted by molar-refractivity contribution is 5.95. The number of aromatic nitrogens is 3. The molecule has 7 nitrogen and oxygen atoms in total. The van der Waals surface area contributed by atoms with Crippen LogP contribution in [0, 0.1) is 0 Å². The first-order valence-electron chi connectivity index (χ1n) is 7.29. The molecule has 0 spiro atoms. The summed E-state index contributed by atoms with van der Waals surface area (Å²) in [6, 6.07) is 7.39. The number of hydrogen-bond acceptors (Lipinski definition) is 5. The number of carbonyl (C=O) groups excluding carboxylic acids is 1. The minimum Gasteiger partial charge on any atom is -0.375 e. The van der Waals surface area contributed by atoms with Crippen molar-refractivity contribution in [3.63, 3.8) is 0 Å². The molecule has 1 amide bonds. The van der Waals surface area contributed by atoms with Crippen molar-refractivity contribution in [1.82, 2.24) is 20.1 Å². The second kappa shape index (κ2) is 9.58. The highest BCUT2D eigenvalue weighted by atomic mass is 35.5. The summed E-state index contributed by atoms with van der Waals surface area (Å²) in [5, 5.41) is 10.2. The minimum absolute atomic E-state index is 0. The van der Waals surface area contributed by atoms with Crippen molar-refractivity contribution in [2.24, 2.45) is 0 Å². The average molecular weight is 374 g/mol. The topological polar surface area (TPSA) is 81.1 Å². The zero-order chi connectivity index (χ0) is 15.4. The van der Waals surface area contributed by atoms with Gasteiger partial charge in [-0.25, -0.2) is 9.67 Å². The van der Waals surface area contributed by atoms with E-state index < -0.39 is 0 Å². The number of hydrogen-bond donors (Lipinski definition) is 2. The lowest BCUT2D eigenvalue weighted by molar-refractivity contribution is -0.123. The van der Waals surface area contributed by atoms with Gasteiger partial charge in [-0.3, -0.25) is 4.79 Å². The summed E-state index contributed by atoms with van der Waals surface area (Å²) < 4.78 is 7.24. The summed E-state index contributed by atoms with van der Waals surface area (Å²) in [6.45, 7) is 3.89. The molecule has 1 aromatic carbocycles. The highest BCUT2D eigenvalue weighted by Crippen LogP contribution is 2.12. The van der Waals surface area contributed by atoms with Gasteiger partial charge >= 0.3 is 0 Å². The van der Waals surface area contributed by atoms with Crippen LogP contribution in [-0.4, -0.2) is 46.0 Å². The summed E-state index contributed by atoms with van der Waals surface area (Å²) in [5.74, 6) is -0.0729. The van der Waals surface area contributed by atoms with Gasteiger partial charge < -0.3 is 15.4 Å². The Morgan fingerprint density at radius 3 is 2.75 bits per heavy atom. The molecule has 0 saturated carbocycles. The number of rotatable bonds is 4. The van der Waals surface area contributed by atoms with Crippen LogP contribution in [0.15, 0.2) is 36.9 Å². The fourth-order valence-electron chi connectivity index (χ4n) is 2.44. The lowest BCUT2D eigenvalue weighted by Gasteiger charge is -2.29. The first-order chi connectivity index (χ1) is 10.7. The zero-order valence-corrected chi connectivity index (χ0v) is 14.8. The van der Waals surface area contributed by atoms with E-state index in [1.54, 1.807) is 11.0 Å². The van der Waals surface area contributed by atoms with Crippen molar-refractivity contribution in [3.05, 3.63) is 42.5 Å². The maximum atomic E-state index is 12.2. The SMILES string of the molecule is C[C@H]1OCCN[C@@H]1C(=O)Nc1ccc(Cn2cncn2)cc1.Cl.Cl. The molecule has 1 aliphatic rings. The van der Waals surface area contributed by atoms with Crippen LogP contribution in [0.2, 0.25) is 0 Å². The van der Waals surface area contributed by atoms with E-state index in [1.807, 2.05) is 31.2 Å². The van der Waals surface area contributed by atoms with E-state index in [1.165, 1.54) is 6.33 Å². The van der Waals surface area contributed by atoms with E-state index in [-0.39, 0.29) is 42.9 Å². The Labute approximate surface area is 153 Å². The average Bonchev–Trinajstić information content (AvgIpc) is 3.02. The molecule has 132 valence electrons. The Balaban J connectivity index is 0.00000144. The van der Waals surface area contributed by atoms with Crippen LogP contribution in [0.5, 0.6) is 0 Å². The van der Waals surface area contributed by atoms with Crippen molar-refractivity contribution < 1.29 is 9.53 Å². The van der Waals surface area contributed by atoms with E-state index in [4.69, 9.17) is 4.74 Å². The van der Waals surface area contributed by atoms with Gasteiger partial charge in [0.05, 0.1) is 19.3 Å². The zero-order valence-electron chi connectivity index (χ0n) is 13.2. The Morgan fingerprint density at radius 2 is 2.12 bits per heavy atom. The number of amides is 1. The summed E-state index contributed by atoms with van der Waals surface area (Å²) in [5.41, 5.74) is 1.86. The van der Waals surface area contributed by atoms with Crippen LogP contribution >= 0.6 is 24.8 Å². The molecular weight excluding hydrogens is 353 g/mol. The van der Waals surface area contributed by atoms with Gasteiger partial charge in [0.15, 0.2) is 0 Å². The normalized spacial score (nSPS) is 19.7.